The molecule has 0 saturated carbocycles. The molecule has 55 heavy (non-hydrogen) atoms. The van der Waals surface area contributed by atoms with Crippen LogP contribution in [0, 0.1) is 22.7 Å². The van der Waals surface area contributed by atoms with Crippen molar-refractivity contribution in [1.82, 2.24) is 13.7 Å². The van der Waals surface area contributed by atoms with Gasteiger partial charge in [-0.2, -0.15) is 10.5 Å². The number of nitriles is 2. The van der Waals surface area contributed by atoms with Gasteiger partial charge in [0.25, 0.3) is 0 Å². The molecular formula is C50H29N5. The summed E-state index contributed by atoms with van der Waals surface area (Å²) in [5.41, 5.74) is 12.6. The lowest BCUT2D eigenvalue weighted by Crippen LogP contribution is -2.02. The molecule has 11 rings (SSSR count). The molecule has 0 atom stereocenters. The Labute approximate surface area is 316 Å². The van der Waals surface area contributed by atoms with Gasteiger partial charge in [-0.05, 0) is 78.4 Å². The highest BCUT2D eigenvalue weighted by molar-refractivity contribution is 6.17. The number of aromatic nitrogens is 3. The SMILES string of the molecule is N#Cc1ccc2c(c1)c1ccccc1n2-c1cccc2c1c1ccccc1n2-c1c(C#N)cccc1-c1cccc(-n2c3ccccc3c3ccccc32)c1. The van der Waals surface area contributed by atoms with Crippen LogP contribution < -0.4 is 0 Å². The van der Waals surface area contributed by atoms with Crippen LogP contribution in [0.4, 0.5) is 0 Å². The van der Waals surface area contributed by atoms with Crippen LogP contribution in [0.5, 0.6) is 0 Å². The molecule has 0 aliphatic carbocycles. The number of hydrogen-bond acceptors (Lipinski definition) is 2. The Morgan fingerprint density at radius 1 is 0.382 bits per heavy atom. The molecule has 5 heteroatoms. The monoisotopic (exact) mass is 699 g/mol. The Morgan fingerprint density at radius 3 is 1.64 bits per heavy atom. The van der Waals surface area contributed by atoms with Gasteiger partial charge in [0, 0.05) is 43.6 Å². The van der Waals surface area contributed by atoms with Crippen LogP contribution in [0.25, 0.3) is 93.6 Å². The maximum atomic E-state index is 10.8. The molecule has 0 amide bonds. The highest BCUT2D eigenvalue weighted by atomic mass is 15.0. The van der Waals surface area contributed by atoms with Gasteiger partial charge in [0.2, 0.25) is 0 Å². The summed E-state index contributed by atoms with van der Waals surface area (Å²) in [7, 11) is 0. The standard InChI is InChI=1S/C50H29N5/c51-30-32-26-27-46-41(28-32)39-17-3-7-22-44(39)54(46)47-24-11-25-48-49(47)40-18-4-8-23-45(40)55(48)50-34(31-52)13-10-19-36(50)33-12-9-14-35(29-33)53-42-20-5-1-15-37(42)38-16-2-6-21-43(38)53/h1-29H. The molecule has 0 aliphatic rings. The van der Waals surface area contributed by atoms with Gasteiger partial charge >= 0.3 is 0 Å². The molecule has 254 valence electrons. The molecule has 3 aromatic heterocycles. The van der Waals surface area contributed by atoms with Crippen LogP contribution >= 0.6 is 0 Å². The minimum Gasteiger partial charge on any atom is -0.309 e. The summed E-state index contributed by atoms with van der Waals surface area (Å²) in [5, 5.41) is 27.3. The Bertz CT molecular complexity index is 3420. The van der Waals surface area contributed by atoms with Crippen LogP contribution in [-0.4, -0.2) is 13.7 Å². The van der Waals surface area contributed by atoms with E-state index in [4.69, 9.17) is 0 Å². The summed E-state index contributed by atoms with van der Waals surface area (Å²) in [5.74, 6) is 0. The lowest BCUT2D eigenvalue weighted by molar-refractivity contribution is 1.16. The molecule has 0 N–H and O–H groups in total. The Kier molecular flexibility index (Phi) is 6.61. The normalized spacial score (nSPS) is 11.6. The molecule has 8 aromatic carbocycles. The average Bonchev–Trinajstić information content (AvgIpc) is 3.89. The predicted molar refractivity (Wildman–Crippen MR) is 224 cm³/mol. The Hall–Kier alpha value is -7.86. The third-order valence-corrected chi connectivity index (χ3v) is 11.1. The highest BCUT2D eigenvalue weighted by Gasteiger charge is 2.23. The smallest absolute Gasteiger partial charge is 0.101 e. The van der Waals surface area contributed by atoms with Gasteiger partial charge in [0.15, 0.2) is 0 Å². The zero-order chi connectivity index (χ0) is 36.6. The van der Waals surface area contributed by atoms with E-state index >= 15 is 0 Å². The largest absolute Gasteiger partial charge is 0.309 e. The van der Waals surface area contributed by atoms with Gasteiger partial charge < -0.3 is 13.7 Å². The van der Waals surface area contributed by atoms with E-state index in [1.54, 1.807) is 0 Å². The van der Waals surface area contributed by atoms with Crippen LogP contribution in [0.3, 0.4) is 0 Å². The Morgan fingerprint density at radius 2 is 0.945 bits per heavy atom. The van der Waals surface area contributed by atoms with Crippen molar-refractivity contribution in [2.75, 3.05) is 0 Å². The van der Waals surface area contributed by atoms with Gasteiger partial charge in [0.05, 0.1) is 61.7 Å². The first-order chi connectivity index (χ1) is 27.2. The summed E-state index contributed by atoms with van der Waals surface area (Å²) in [6, 6.07) is 65.9. The molecule has 0 spiro atoms. The zero-order valence-electron chi connectivity index (χ0n) is 29.5. The van der Waals surface area contributed by atoms with E-state index in [0.717, 1.165) is 82.8 Å². The van der Waals surface area contributed by atoms with Gasteiger partial charge in [-0.15, -0.1) is 0 Å². The van der Waals surface area contributed by atoms with Gasteiger partial charge in [0.1, 0.15) is 6.07 Å². The summed E-state index contributed by atoms with van der Waals surface area (Å²) < 4.78 is 6.92. The molecule has 0 fully saturated rings. The van der Waals surface area contributed by atoms with E-state index in [-0.39, 0.29) is 0 Å². The number of para-hydroxylation sites is 5. The fraction of sp³-hybridized carbons (Fsp3) is 0. The molecule has 11 aromatic rings. The zero-order valence-corrected chi connectivity index (χ0v) is 29.5. The van der Waals surface area contributed by atoms with Crippen molar-refractivity contribution < 1.29 is 0 Å². The topological polar surface area (TPSA) is 62.4 Å². The molecule has 0 bridgehead atoms. The minimum absolute atomic E-state index is 0.591. The van der Waals surface area contributed by atoms with E-state index in [2.05, 4.69) is 171 Å². The molecule has 0 aliphatic heterocycles. The first-order valence-electron chi connectivity index (χ1n) is 18.3. The van der Waals surface area contributed by atoms with E-state index in [1.165, 1.54) is 10.8 Å². The molecule has 0 unspecified atom stereocenters. The average molecular weight is 700 g/mol. The fourth-order valence-electron chi connectivity index (χ4n) is 8.85. The van der Waals surface area contributed by atoms with Crippen LogP contribution in [-0.2, 0) is 0 Å². The van der Waals surface area contributed by atoms with E-state index in [9.17, 15) is 10.5 Å². The quantitative estimate of drug-likeness (QED) is 0.184. The maximum absolute atomic E-state index is 10.8. The van der Waals surface area contributed by atoms with E-state index < -0.39 is 0 Å². The second-order valence-corrected chi connectivity index (χ2v) is 14.0. The lowest BCUT2D eigenvalue weighted by atomic mass is 9.99. The van der Waals surface area contributed by atoms with Crippen molar-refractivity contribution in [2.24, 2.45) is 0 Å². The van der Waals surface area contributed by atoms with Crippen molar-refractivity contribution in [3.8, 4) is 40.3 Å². The number of rotatable bonds is 4. The van der Waals surface area contributed by atoms with Gasteiger partial charge in [-0.25, -0.2) is 0 Å². The summed E-state index contributed by atoms with van der Waals surface area (Å²) in [6.45, 7) is 0. The van der Waals surface area contributed by atoms with E-state index in [1.807, 2.05) is 30.3 Å². The predicted octanol–water partition coefficient (Wildman–Crippen LogP) is 12.4. The molecule has 0 saturated heterocycles. The van der Waals surface area contributed by atoms with Gasteiger partial charge in [-0.1, -0.05) is 103 Å². The van der Waals surface area contributed by atoms with Crippen molar-refractivity contribution in [3.05, 3.63) is 187 Å². The first-order valence-corrected chi connectivity index (χ1v) is 18.3. The maximum Gasteiger partial charge on any atom is 0.101 e. The second-order valence-electron chi connectivity index (χ2n) is 14.0. The van der Waals surface area contributed by atoms with Gasteiger partial charge in [-0.3, -0.25) is 0 Å². The van der Waals surface area contributed by atoms with Crippen molar-refractivity contribution in [3.63, 3.8) is 0 Å². The summed E-state index contributed by atoms with van der Waals surface area (Å²) in [6.07, 6.45) is 0. The van der Waals surface area contributed by atoms with Crippen molar-refractivity contribution in [1.29, 1.82) is 10.5 Å². The molecular weight excluding hydrogens is 671 g/mol. The van der Waals surface area contributed by atoms with E-state index in [0.29, 0.717) is 11.1 Å². The summed E-state index contributed by atoms with van der Waals surface area (Å²) >= 11 is 0. The number of hydrogen-bond donors (Lipinski definition) is 0. The third kappa shape index (κ3) is 4.39. The third-order valence-electron chi connectivity index (χ3n) is 11.1. The van der Waals surface area contributed by atoms with Crippen LogP contribution in [0.2, 0.25) is 0 Å². The minimum atomic E-state index is 0.591. The van der Waals surface area contributed by atoms with Crippen molar-refractivity contribution in [2.45, 2.75) is 0 Å². The van der Waals surface area contributed by atoms with Crippen LogP contribution in [0.15, 0.2) is 176 Å². The summed E-state index contributed by atoms with van der Waals surface area (Å²) in [4.78, 5) is 0. The van der Waals surface area contributed by atoms with Crippen molar-refractivity contribution >= 4 is 65.4 Å². The van der Waals surface area contributed by atoms with Crippen LogP contribution in [0.1, 0.15) is 11.1 Å². The molecule has 0 radical (unpaired) electrons. The Balaban J connectivity index is 1.20. The highest BCUT2D eigenvalue weighted by Crippen LogP contribution is 2.43. The molecule has 3 heterocycles. The molecule has 5 nitrogen and oxygen atoms in total. The lowest BCUT2D eigenvalue weighted by Gasteiger charge is -2.17. The number of nitrogens with zero attached hydrogens (tertiary/aromatic N) is 5. The second kappa shape index (κ2) is 11.8. The number of fused-ring (bicyclic) bond motifs is 9. The fourth-order valence-corrected chi connectivity index (χ4v) is 8.85. The number of benzene rings is 8. The first kappa shape index (κ1) is 30.7.